The smallest absolute Gasteiger partial charge is 0.220 e. The lowest BCUT2D eigenvalue weighted by atomic mass is 10.6. The molecule has 0 spiro atoms. The van der Waals surface area contributed by atoms with Crippen LogP contribution in [0.5, 0.6) is 0 Å². The van der Waals surface area contributed by atoms with E-state index in [0.717, 1.165) is 0 Å². The van der Waals surface area contributed by atoms with Crippen molar-refractivity contribution in [2.45, 2.75) is 0 Å². The summed E-state index contributed by atoms with van der Waals surface area (Å²) in [5, 5.41) is 0. The summed E-state index contributed by atoms with van der Waals surface area (Å²) in [6, 6.07) is 0. The Balaban J connectivity index is 3.01. The van der Waals surface area contributed by atoms with Crippen molar-refractivity contribution in [3.05, 3.63) is 12.4 Å². The van der Waals surface area contributed by atoms with Gasteiger partial charge in [-0.2, -0.15) is 0 Å². The van der Waals surface area contributed by atoms with Gasteiger partial charge in [0.15, 0.2) is 0 Å². The van der Waals surface area contributed by atoms with Crippen molar-refractivity contribution in [1.29, 1.82) is 0 Å². The molecule has 46 valence electrons. The molecule has 0 unspecified atom stereocenters. The Kier molecular flexibility index (Phi) is 1.40. The van der Waals surface area contributed by atoms with Crippen LogP contribution in [0.15, 0.2) is 17.4 Å². The van der Waals surface area contributed by atoms with E-state index < -0.39 is 0 Å². The Labute approximate surface area is 52.5 Å². The first-order valence-electron chi connectivity index (χ1n) is 2.37. The fourth-order valence-corrected chi connectivity index (χ4v) is 0.413. The zero-order chi connectivity index (χ0) is 6.69. The van der Waals surface area contributed by atoms with Gasteiger partial charge in [-0.05, 0) is 6.72 Å². The summed E-state index contributed by atoms with van der Waals surface area (Å²) in [5.41, 5.74) is 5.83. The number of rotatable bonds is 1. The van der Waals surface area contributed by atoms with Crippen LogP contribution in [0.25, 0.3) is 0 Å². The molecule has 0 radical (unpaired) electrons. The van der Waals surface area contributed by atoms with Crippen molar-refractivity contribution in [3.8, 4) is 0 Å². The molecule has 2 N–H and O–H groups in total. The number of aromatic nitrogens is 2. The van der Waals surface area contributed by atoms with Gasteiger partial charge in [-0.15, -0.1) is 0 Å². The largest absolute Gasteiger partial charge is 0.368 e. The van der Waals surface area contributed by atoms with Crippen LogP contribution in [0.3, 0.4) is 0 Å². The Morgan fingerprint density at radius 1 is 1.44 bits per heavy atom. The molecule has 0 saturated heterocycles. The van der Waals surface area contributed by atoms with Crippen LogP contribution in [-0.2, 0) is 0 Å². The second-order valence-corrected chi connectivity index (χ2v) is 1.46. The number of anilines is 1. The van der Waals surface area contributed by atoms with Crippen LogP contribution in [0.2, 0.25) is 0 Å². The van der Waals surface area contributed by atoms with Gasteiger partial charge in [0.25, 0.3) is 0 Å². The summed E-state index contributed by atoms with van der Waals surface area (Å²) < 4.78 is 0. The maximum absolute atomic E-state index is 5.20. The lowest BCUT2D eigenvalue weighted by Crippen LogP contribution is -1.91. The number of nitrogens with two attached hydrogens (primary N) is 1. The first kappa shape index (κ1) is 5.68. The maximum atomic E-state index is 5.20. The molecule has 0 aromatic carbocycles. The van der Waals surface area contributed by atoms with Crippen molar-refractivity contribution in [1.82, 2.24) is 9.97 Å². The highest BCUT2D eigenvalue weighted by atomic mass is 15.0. The second-order valence-electron chi connectivity index (χ2n) is 1.46. The molecule has 1 aromatic rings. The van der Waals surface area contributed by atoms with Crippen molar-refractivity contribution < 1.29 is 0 Å². The standard InChI is InChI=1S/C5H6N4/c1-7-4-2-8-5(6)9-3-4/h2-3H,1H2,(H2,6,8,9). The third kappa shape index (κ3) is 1.22. The van der Waals surface area contributed by atoms with Gasteiger partial charge in [0.1, 0.15) is 0 Å². The Hall–Kier alpha value is -1.45. The van der Waals surface area contributed by atoms with Gasteiger partial charge in [0.05, 0.1) is 18.1 Å². The van der Waals surface area contributed by atoms with E-state index in [0.29, 0.717) is 5.69 Å². The zero-order valence-corrected chi connectivity index (χ0v) is 4.78. The summed E-state index contributed by atoms with van der Waals surface area (Å²) in [4.78, 5) is 10.9. The fraction of sp³-hybridized carbons (Fsp3) is 0. The Morgan fingerprint density at radius 3 is 2.44 bits per heavy atom. The molecule has 0 saturated carbocycles. The molecule has 1 rings (SSSR count). The van der Waals surface area contributed by atoms with E-state index in [9.17, 15) is 0 Å². The van der Waals surface area contributed by atoms with E-state index in [2.05, 4.69) is 21.7 Å². The van der Waals surface area contributed by atoms with Gasteiger partial charge in [-0.3, -0.25) is 4.99 Å². The number of hydrogen-bond donors (Lipinski definition) is 1. The molecule has 1 heterocycles. The minimum Gasteiger partial charge on any atom is -0.368 e. The van der Waals surface area contributed by atoms with Gasteiger partial charge < -0.3 is 5.73 Å². The number of nitrogen functional groups attached to an aromatic ring is 1. The quantitative estimate of drug-likeness (QED) is 0.548. The first-order chi connectivity index (χ1) is 4.33. The van der Waals surface area contributed by atoms with Crippen LogP contribution in [0, 0.1) is 0 Å². The molecule has 0 atom stereocenters. The lowest BCUT2D eigenvalue weighted by molar-refractivity contribution is 1.18. The van der Waals surface area contributed by atoms with E-state index in [1.165, 1.54) is 12.4 Å². The molecule has 4 nitrogen and oxygen atoms in total. The number of hydrogen-bond acceptors (Lipinski definition) is 4. The predicted octanol–water partition coefficient (Wildman–Crippen LogP) is 0.391. The molecule has 0 aliphatic carbocycles. The van der Waals surface area contributed by atoms with Crippen LogP contribution in [-0.4, -0.2) is 16.7 Å². The van der Waals surface area contributed by atoms with Crippen molar-refractivity contribution in [2.75, 3.05) is 5.73 Å². The van der Waals surface area contributed by atoms with E-state index >= 15 is 0 Å². The number of nitrogens with zero attached hydrogens (tertiary/aromatic N) is 3. The SMILES string of the molecule is C=Nc1cnc(N)nc1. The van der Waals surface area contributed by atoms with Gasteiger partial charge >= 0.3 is 0 Å². The lowest BCUT2D eigenvalue weighted by Gasteiger charge is -1.89. The van der Waals surface area contributed by atoms with E-state index in [1.807, 2.05) is 0 Å². The Bertz CT molecular complexity index is 203. The molecule has 0 aliphatic heterocycles. The summed E-state index contributed by atoms with van der Waals surface area (Å²) >= 11 is 0. The summed E-state index contributed by atoms with van der Waals surface area (Å²) in [5.74, 6) is 0.252. The van der Waals surface area contributed by atoms with Gasteiger partial charge in [-0.1, -0.05) is 0 Å². The van der Waals surface area contributed by atoms with Crippen LogP contribution < -0.4 is 5.73 Å². The highest BCUT2D eigenvalue weighted by Crippen LogP contribution is 2.05. The average Bonchev–Trinajstić information content (AvgIpc) is 1.90. The molecular weight excluding hydrogens is 116 g/mol. The molecule has 1 aromatic heterocycles. The molecule has 0 aliphatic rings. The highest BCUT2D eigenvalue weighted by molar-refractivity contribution is 5.42. The van der Waals surface area contributed by atoms with Gasteiger partial charge in [-0.25, -0.2) is 9.97 Å². The molecule has 0 fully saturated rings. The van der Waals surface area contributed by atoms with E-state index in [-0.39, 0.29) is 5.95 Å². The molecule has 9 heavy (non-hydrogen) atoms. The minimum absolute atomic E-state index is 0.252. The van der Waals surface area contributed by atoms with Crippen molar-refractivity contribution >= 4 is 18.4 Å². The minimum atomic E-state index is 0.252. The molecular formula is C5H6N4. The molecule has 0 amide bonds. The fourth-order valence-electron chi connectivity index (χ4n) is 0.413. The summed E-state index contributed by atoms with van der Waals surface area (Å²) in [6.45, 7) is 3.29. The van der Waals surface area contributed by atoms with E-state index in [4.69, 9.17) is 5.73 Å². The maximum Gasteiger partial charge on any atom is 0.220 e. The third-order valence-electron chi connectivity index (χ3n) is 0.841. The van der Waals surface area contributed by atoms with Gasteiger partial charge in [0, 0.05) is 0 Å². The first-order valence-corrected chi connectivity index (χ1v) is 2.37. The molecule has 0 bridgehead atoms. The third-order valence-corrected chi connectivity index (χ3v) is 0.841. The Morgan fingerprint density at radius 2 is 2.00 bits per heavy atom. The average molecular weight is 122 g/mol. The normalized spacial score (nSPS) is 8.89. The zero-order valence-electron chi connectivity index (χ0n) is 4.78. The number of aliphatic imine (C=N–C) groups is 1. The summed E-state index contributed by atoms with van der Waals surface area (Å²) in [7, 11) is 0. The van der Waals surface area contributed by atoms with Crippen LogP contribution >= 0.6 is 0 Å². The van der Waals surface area contributed by atoms with Crippen molar-refractivity contribution in [2.24, 2.45) is 4.99 Å². The molecule has 4 heteroatoms. The van der Waals surface area contributed by atoms with Crippen LogP contribution in [0.1, 0.15) is 0 Å². The second kappa shape index (κ2) is 2.21. The van der Waals surface area contributed by atoms with Crippen molar-refractivity contribution in [3.63, 3.8) is 0 Å². The summed E-state index contributed by atoms with van der Waals surface area (Å²) in [6.07, 6.45) is 3.02. The van der Waals surface area contributed by atoms with Gasteiger partial charge in [0.2, 0.25) is 5.95 Å². The predicted molar refractivity (Wildman–Crippen MR) is 35.7 cm³/mol. The monoisotopic (exact) mass is 122 g/mol. The highest BCUT2D eigenvalue weighted by Gasteiger charge is 1.86. The topological polar surface area (TPSA) is 64.2 Å². The van der Waals surface area contributed by atoms with Crippen LogP contribution in [0.4, 0.5) is 11.6 Å². The van der Waals surface area contributed by atoms with E-state index in [1.54, 1.807) is 0 Å².